The van der Waals surface area contributed by atoms with E-state index in [0.29, 0.717) is 46.4 Å². The Morgan fingerprint density at radius 1 is 0.625 bits per heavy atom. The fourth-order valence-electron chi connectivity index (χ4n) is 6.27. The number of benzene rings is 5. The maximum atomic E-state index is 13.5. The van der Waals surface area contributed by atoms with E-state index in [0.717, 1.165) is 28.3 Å². The number of ketones is 1. The Kier molecular flexibility index (Phi) is 14.4. The third-order valence-electron chi connectivity index (χ3n) is 9.40. The number of hydrogen-bond donors (Lipinski definition) is 6. The van der Waals surface area contributed by atoms with Crippen LogP contribution >= 0.6 is 0 Å². The lowest BCUT2D eigenvalue weighted by Crippen LogP contribution is -2.24. The first-order valence-corrected chi connectivity index (χ1v) is 20.4. The van der Waals surface area contributed by atoms with Gasteiger partial charge in [0.2, 0.25) is 17.8 Å². The first kappa shape index (κ1) is 43.4. The van der Waals surface area contributed by atoms with Crippen LogP contribution in [0.3, 0.4) is 0 Å². The number of hydrogen-bond acceptors (Lipinski definition) is 12. The van der Waals surface area contributed by atoms with E-state index in [2.05, 4.69) is 46.9 Å². The van der Waals surface area contributed by atoms with Crippen LogP contribution < -0.4 is 36.6 Å². The number of carbonyl (C=O) groups is 3. The molecular formula is C50H46N10O4. The van der Waals surface area contributed by atoms with Crippen LogP contribution in [0.1, 0.15) is 45.7 Å². The minimum atomic E-state index is -0.381. The van der Waals surface area contributed by atoms with Crippen molar-refractivity contribution in [1.82, 2.24) is 25.3 Å². The zero-order valence-corrected chi connectivity index (χ0v) is 35.4. The van der Waals surface area contributed by atoms with Crippen molar-refractivity contribution in [2.45, 2.75) is 26.8 Å². The number of nitrogens with one attached hydrogen (secondary N) is 6. The molecule has 0 unspecified atom stereocenters. The summed E-state index contributed by atoms with van der Waals surface area (Å²) in [7, 11) is 1.60. The van der Waals surface area contributed by atoms with Crippen LogP contribution in [0.4, 0.5) is 52.0 Å². The molecule has 0 aliphatic rings. The number of methoxy groups -OCH3 is 1. The Balaban J connectivity index is 1.05. The number of amides is 2. The third kappa shape index (κ3) is 12.5. The van der Waals surface area contributed by atoms with Gasteiger partial charge in [0.25, 0.3) is 5.91 Å². The molecule has 5 aromatic carbocycles. The van der Waals surface area contributed by atoms with Crippen LogP contribution in [0.2, 0.25) is 0 Å². The van der Waals surface area contributed by atoms with E-state index in [1.807, 2.05) is 111 Å². The second-order valence-electron chi connectivity index (χ2n) is 14.6. The standard InChI is InChI=1S/C50H46N10O4/c1-33(2)27-44(61)35-13-10-19-39(28-35)55-46-36(31-52-49(59-46)57-37-15-6-4-7-16-37)14-11-22-45(62)54-40-20-12-21-41(29-40)56-47-43(32-53-50(60-47)58-38-17-8-5-9-18-38)48(63)51-30-34-23-25-42(64-3)26-24-34/h4-13,15-29,31-32H,14,30H2,1-3H3,(H,51,63)(H,54,62)(H2,52,55,57,59)(H2,53,56,58,60)/b22-11-. The third-order valence-corrected chi connectivity index (χ3v) is 9.40. The second-order valence-corrected chi connectivity index (χ2v) is 14.6. The zero-order valence-electron chi connectivity index (χ0n) is 35.4. The average molecular weight is 851 g/mol. The molecule has 0 saturated carbocycles. The van der Waals surface area contributed by atoms with Gasteiger partial charge in [-0.2, -0.15) is 9.97 Å². The lowest BCUT2D eigenvalue weighted by molar-refractivity contribution is -0.111. The van der Waals surface area contributed by atoms with Crippen LogP contribution in [-0.2, 0) is 17.8 Å². The summed E-state index contributed by atoms with van der Waals surface area (Å²) in [6, 6.07) is 40.7. The second kappa shape index (κ2) is 21.2. The van der Waals surface area contributed by atoms with Gasteiger partial charge >= 0.3 is 0 Å². The molecule has 2 amide bonds. The zero-order chi connectivity index (χ0) is 44.7. The molecule has 0 fully saturated rings. The summed E-state index contributed by atoms with van der Waals surface area (Å²) in [4.78, 5) is 58.0. The van der Waals surface area contributed by atoms with Gasteiger partial charge in [-0.3, -0.25) is 14.4 Å². The fourth-order valence-corrected chi connectivity index (χ4v) is 6.27. The number of nitrogens with zero attached hydrogens (tertiary/aromatic N) is 4. The summed E-state index contributed by atoms with van der Waals surface area (Å²) in [5.74, 6) is 1.29. The van der Waals surface area contributed by atoms with E-state index in [9.17, 15) is 14.4 Å². The van der Waals surface area contributed by atoms with Crippen LogP contribution in [0, 0.1) is 0 Å². The molecule has 7 aromatic rings. The quantitative estimate of drug-likeness (QED) is 0.0355. The van der Waals surface area contributed by atoms with Gasteiger partial charge in [0, 0.05) is 58.5 Å². The van der Waals surface area contributed by atoms with Gasteiger partial charge in [-0.15, -0.1) is 0 Å². The van der Waals surface area contributed by atoms with Crippen molar-refractivity contribution in [2.24, 2.45) is 0 Å². The van der Waals surface area contributed by atoms with E-state index >= 15 is 0 Å². The summed E-state index contributed by atoms with van der Waals surface area (Å²) >= 11 is 0. The molecule has 0 aliphatic heterocycles. The van der Waals surface area contributed by atoms with Gasteiger partial charge in [0.15, 0.2) is 5.78 Å². The van der Waals surface area contributed by atoms with Crippen molar-refractivity contribution in [3.8, 4) is 5.75 Å². The highest BCUT2D eigenvalue weighted by Crippen LogP contribution is 2.26. The van der Waals surface area contributed by atoms with E-state index in [4.69, 9.17) is 9.72 Å². The number of rotatable bonds is 18. The van der Waals surface area contributed by atoms with E-state index < -0.39 is 0 Å². The van der Waals surface area contributed by atoms with Crippen molar-refractivity contribution >= 4 is 69.6 Å². The highest BCUT2D eigenvalue weighted by atomic mass is 16.5. The molecule has 0 radical (unpaired) electrons. The number of aromatic nitrogens is 4. The SMILES string of the molecule is COc1ccc(CNC(=O)c2cnc(Nc3ccccc3)nc2Nc2cccc(NC(=O)/C=C\Cc3cnc(Nc4ccccc4)nc3Nc3cccc(C(=O)C=C(C)C)c3)c2)cc1. The van der Waals surface area contributed by atoms with E-state index in [-0.39, 0.29) is 41.5 Å². The lowest BCUT2D eigenvalue weighted by atomic mass is 10.1. The number of para-hydroxylation sites is 2. The van der Waals surface area contributed by atoms with Gasteiger partial charge in [-0.25, -0.2) is 9.97 Å². The highest BCUT2D eigenvalue weighted by Gasteiger charge is 2.17. The van der Waals surface area contributed by atoms with Gasteiger partial charge in [0.05, 0.1) is 7.11 Å². The molecule has 64 heavy (non-hydrogen) atoms. The van der Waals surface area contributed by atoms with Crippen molar-refractivity contribution in [1.29, 1.82) is 0 Å². The van der Waals surface area contributed by atoms with Crippen LogP contribution in [0.25, 0.3) is 0 Å². The molecule has 320 valence electrons. The Bertz CT molecular complexity index is 2790. The van der Waals surface area contributed by atoms with Crippen LogP contribution in [-0.4, -0.2) is 44.6 Å². The highest BCUT2D eigenvalue weighted by molar-refractivity contribution is 6.05. The maximum absolute atomic E-state index is 13.5. The predicted octanol–water partition coefficient (Wildman–Crippen LogP) is 10.1. The fraction of sp³-hybridized carbons (Fsp3) is 0.100. The Labute approximate surface area is 371 Å². The minimum absolute atomic E-state index is 0.0959. The first-order chi connectivity index (χ1) is 31.2. The van der Waals surface area contributed by atoms with Crippen LogP contribution in [0.5, 0.6) is 5.75 Å². The minimum Gasteiger partial charge on any atom is -0.497 e. The number of allylic oxidation sites excluding steroid dienone is 3. The van der Waals surface area contributed by atoms with Crippen molar-refractivity contribution in [2.75, 3.05) is 33.7 Å². The normalized spacial score (nSPS) is 10.7. The summed E-state index contributed by atoms with van der Waals surface area (Å²) in [5, 5.41) is 18.8. The lowest BCUT2D eigenvalue weighted by Gasteiger charge is -2.14. The van der Waals surface area contributed by atoms with Crippen molar-refractivity contribution in [3.05, 3.63) is 192 Å². The predicted molar refractivity (Wildman–Crippen MR) is 252 cm³/mol. The molecule has 6 N–H and O–H groups in total. The van der Waals surface area contributed by atoms with Crippen LogP contribution in [0.15, 0.2) is 170 Å². The smallest absolute Gasteiger partial charge is 0.256 e. The summed E-state index contributed by atoms with van der Waals surface area (Å²) < 4.78 is 5.25. The molecule has 7 rings (SSSR count). The molecule has 2 aromatic heterocycles. The monoisotopic (exact) mass is 850 g/mol. The molecule has 14 nitrogen and oxygen atoms in total. The molecule has 0 spiro atoms. The Hall–Kier alpha value is -8.65. The molecule has 0 aliphatic carbocycles. The maximum Gasteiger partial charge on any atom is 0.256 e. The molecule has 0 bridgehead atoms. The Morgan fingerprint density at radius 3 is 1.89 bits per heavy atom. The molecule has 14 heteroatoms. The van der Waals surface area contributed by atoms with Gasteiger partial charge < -0.3 is 36.6 Å². The topological polar surface area (TPSA) is 184 Å². The molecular weight excluding hydrogens is 805 g/mol. The number of ether oxygens (including phenoxy) is 1. The molecule has 0 atom stereocenters. The average Bonchev–Trinajstić information content (AvgIpc) is 3.30. The van der Waals surface area contributed by atoms with Gasteiger partial charge in [-0.05, 0) is 105 Å². The van der Waals surface area contributed by atoms with E-state index in [1.54, 1.807) is 61.9 Å². The molecule has 0 saturated heterocycles. The first-order valence-electron chi connectivity index (χ1n) is 20.4. The molecule has 2 heterocycles. The van der Waals surface area contributed by atoms with Gasteiger partial charge in [-0.1, -0.05) is 78.4 Å². The Morgan fingerprint density at radius 2 is 1.22 bits per heavy atom. The summed E-state index contributed by atoms with van der Waals surface area (Å²) in [5.41, 5.74) is 6.60. The van der Waals surface area contributed by atoms with Crippen molar-refractivity contribution in [3.63, 3.8) is 0 Å². The summed E-state index contributed by atoms with van der Waals surface area (Å²) in [6.07, 6.45) is 8.23. The number of anilines is 9. The summed E-state index contributed by atoms with van der Waals surface area (Å²) in [6.45, 7) is 4.03. The number of carbonyl (C=O) groups excluding carboxylic acids is 3. The largest absolute Gasteiger partial charge is 0.497 e. The van der Waals surface area contributed by atoms with E-state index in [1.165, 1.54) is 12.3 Å². The van der Waals surface area contributed by atoms with Crippen molar-refractivity contribution < 1.29 is 19.1 Å². The van der Waals surface area contributed by atoms with Gasteiger partial charge in [0.1, 0.15) is 22.9 Å².